The van der Waals surface area contributed by atoms with Crippen LogP contribution in [0.1, 0.15) is 24.2 Å². The number of carbonyl (C=O) groups excluding carboxylic acids is 2. The van der Waals surface area contributed by atoms with Crippen molar-refractivity contribution in [1.29, 1.82) is 0 Å². The first-order valence-electron chi connectivity index (χ1n) is 12.9. The fourth-order valence-corrected chi connectivity index (χ4v) is 4.12. The number of anilines is 2. The molecular weight excluding hydrogens is 560 g/mol. The van der Waals surface area contributed by atoms with Gasteiger partial charge in [-0.05, 0) is 55.6 Å². The summed E-state index contributed by atoms with van der Waals surface area (Å²) in [6, 6.07) is 10.2. The van der Waals surface area contributed by atoms with Gasteiger partial charge in [-0.3, -0.25) is 9.78 Å². The number of hydrogen-bond donors (Lipinski definition) is 2. The molecule has 0 radical (unpaired) electrons. The molecule has 0 aliphatic rings. The van der Waals surface area contributed by atoms with E-state index < -0.39 is 18.1 Å². The number of halogens is 4. The smallest absolute Gasteiger partial charge is 0.493 e. The minimum absolute atomic E-state index is 0.0722. The summed E-state index contributed by atoms with van der Waals surface area (Å²) >= 11 is 0. The van der Waals surface area contributed by atoms with Crippen molar-refractivity contribution in [2.24, 2.45) is 0 Å². The zero-order valence-corrected chi connectivity index (χ0v) is 23.0. The molecule has 0 saturated heterocycles. The number of ether oxygens (including phenoxy) is 1. The highest BCUT2D eigenvalue weighted by Gasteiger charge is 2.43. The molecule has 10 nitrogen and oxygen atoms in total. The lowest BCUT2D eigenvalue weighted by atomic mass is 10.1. The Bertz CT molecular complexity index is 1570. The molecule has 2 heterocycles. The maximum absolute atomic E-state index is 13.6. The maximum atomic E-state index is 13.6. The summed E-state index contributed by atoms with van der Waals surface area (Å²) in [4.78, 5) is 42.9. The number of hydroxylamine groups is 2. The predicted molar refractivity (Wildman–Crippen MR) is 147 cm³/mol. The van der Waals surface area contributed by atoms with Gasteiger partial charge in [0.1, 0.15) is 23.1 Å². The van der Waals surface area contributed by atoms with E-state index in [2.05, 4.69) is 25.1 Å². The van der Waals surface area contributed by atoms with Crippen molar-refractivity contribution < 1.29 is 36.7 Å². The number of amides is 1. The maximum Gasteiger partial charge on any atom is 0.493 e. The highest BCUT2D eigenvalue weighted by molar-refractivity contribution is 5.95. The van der Waals surface area contributed by atoms with Gasteiger partial charge in [-0.25, -0.2) is 14.2 Å². The third-order valence-electron chi connectivity index (χ3n) is 6.37. The number of aromatic amines is 1. The fourth-order valence-electron chi connectivity index (χ4n) is 4.12. The van der Waals surface area contributed by atoms with Crippen molar-refractivity contribution in [2.75, 3.05) is 38.6 Å². The quantitative estimate of drug-likeness (QED) is 0.189. The summed E-state index contributed by atoms with van der Waals surface area (Å²) in [5, 5.41) is 4.11. The fraction of sp³-hybridized carbons (Fsp3) is 0.286. The number of methoxy groups -OCH3 is 1. The average molecular weight is 589 g/mol. The number of likely N-dealkylation sites (N-methyl/N-ethyl adjacent to an activating group) is 1. The molecule has 2 aromatic heterocycles. The Morgan fingerprint density at radius 1 is 1.02 bits per heavy atom. The predicted octanol–water partition coefficient (Wildman–Crippen LogP) is 5.32. The number of rotatable bonds is 10. The normalized spacial score (nSPS) is 11.5. The van der Waals surface area contributed by atoms with Gasteiger partial charge in [0.15, 0.2) is 0 Å². The summed E-state index contributed by atoms with van der Waals surface area (Å²) in [7, 11) is 1.35. The molecule has 0 aliphatic heterocycles. The molecule has 222 valence electrons. The van der Waals surface area contributed by atoms with Crippen LogP contribution < -0.4 is 10.1 Å². The van der Waals surface area contributed by atoms with Crippen LogP contribution in [0.3, 0.4) is 0 Å². The van der Waals surface area contributed by atoms with E-state index in [1.165, 1.54) is 49.8 Å². The Morgan fingerprint density at radius 3 is 2.48 bits per heavy atom. The number of benzene rings is 2. The largest absolute Gasteiger partial charge is 0.495 e. The first kappa shape index (κ1) is 30.2. The molecule has 0 bridgehead atoms. The molecule has 0 aliphatic carbocycles. The second kappa shape index (κ2) is 12.9. The minimum atomic E-state index is -5.28. The van der Waals surface area contributed by atoms with Gasteiger partial charge in [0.25, 0.3) is 5.91 Å². The van der Waals surface area contributed by atoms with E-state index in [-0.39, 0.29) is 30.2 Å². The van der Waals surface area contributed by atoms with Crippen LogP contribution in [0.25, 0.3) is 22.3 Å². The van der Waals surface area contributed by atoms with Gasteiger partial charge in [-0.2, -0.15) is 18.2 Å². The molecule has 0 saturated carbocycles. The van der Waals surface area contributed by atoms with Crippen molar-refractivity contribution in [1.82, 2.24) is 24.9 Å². The van der Waals surface area contributed by atoms with Crippen molar-refractivity contribution in [3.8, 4) is 17.1 Å². The number of hydrogen-bond acceptors (Lipinski definition) is 8. The van der Waals surface area contributed by atoms with Crippen LogP contribution in [-0.4, -0.2) is 76.3 Å². The Kier molecular flexibility index (Phi) is 9.25. The number of carbonyl (C=O) groups is 2. The monoisotopic (exact) mass is 588 g/mol. The van der Waals surface area contributed by atoms with Crippen LogP contribution in [0.2, 0.25) is 0 Å². The van der Waals surface area contributed by atoms with Crippen LogP contribution in [-0.2, 0) is 9.63 Å². The Labute approximate surface area is 238 Å². The molecule has 4 aromatic rings. The molecule has 0 unspecified atom stereocenters. The van der Waals surface area contributed by atoms with Crippen LogP contribution in [0.5, 0.6) is 5.75 Å². The lowest BCUT2D eigenvalue weighted by Crippen LogP contribution is -2.42. The van der Waals surface area contributed by atoms with Gasteiger partial charge in [0.05, 0.1) is 37.4 Å². The number of H-pyrrole nitrogens is 1. The van der Waals surface area contributed by atoms with E-state index in [1.54, 1.807) is 12.1 Å². The van der Waals surface area contributed by atoms with E-state index in [0.717, 1.165) is 5.52 Å². The van der Waals surface area contributed by atoms with Crippen molar-refractivity contribution in [2.45, 2.75) is 20.0 Å². The van der Waals surface area contributed by atoms with Gasteiger partial charge in [0.2, 0.25) is 0 Å². The van der Waals surface area contributed by atoms with Gasteiger partial charge in [-0.1, -0.05) is 13.8 Å². The standard InChI is InChI=1S/C28H28F4N6O4/c1-4-37(5-2)10-11-38(42-27(40)28(30,31)32)26(39)17-6-8-21(24(14-17)41-3)35-25-16-33-15-23(36-25)22-13-18-12-19(29)7-9-20(18)34-22/h6-9,12-16,34H,4-5,10-11H2,1-3H3,(H,35,36). The number of aromatic nitrogens is 3. The molecule has 42 heavy (non-hydrogen) atoms. The number of alkyl halides is 3. The molecular formula is C28H28F4N6O4. The number of nitrogens with zero attached hydrogens (tertiary/aromatic N) is 4. The van der Waals surface area contributed by atoms with E-state index in [0.29, 0.717) is 46.4 Å². The number of fused-ring (bicyclic) bond motifs is 1. The zero-order chi connectivity index (χ0) is 30.4. The summed E-state index contributed by atoms with van der Waals surface area (Å²) < 4.78 is 57.7. The van der Waals surface area contributed by atoms with Gasteiger partial charge >= 0.3 is 12.1 Å². The lowest BCUT2D eigenvalue weighted by molar-refractivity contribution is -0.228. The SMILES string of the molecule is CCN(CC)CCN(OC(=O)C(F)(F)F)C(=O)c1ccc(Nc2cncc(-c3cc4cc(F)ccc4[nH]3)n2)c(OC)c1. The van der Waals surface area contributed by atoms with Crippen LogP contribution >= 0.6 is 0 Å². The summed E-state index contributed by atoms with van der Waals surface area (Å²) in [5.41, 5.74) is 2.11. The highest BCUT2D eigenvalue weighted by Crippen LogP contribution is 2.30. The van der Waals surface area contributed by atoms with E-state index in [9.17, 15) is 27.2 Å². The topological polar surface area (TPSA) is 113 Å². The zero-order valence-electron chi connectivity index (χ0n) is 23.0. The van der Waals surface area contributed by atoms with Gasteiger partial charge < -0.3 is 24.8 Å². The van der Waals surface area contributed by atoms with Crippen LogP contribution in [0.4, 0.5) is 29.1 Å². The van der Waals surface area contributed by atoms with E-state index in [4.69, 9.17) is 4.74 Å². The highest BCUT2D eigenvalue weighted by atomic mass is 19.4. The molecule has 2 aromatic carbocycles. The Hall–Kier alpha value is -4.72. The van der Waals surface area contributed by atoms with Crippen molar-refractivity contribution in [3.05, 3.63) is 66.2 Å². The summed E-state index contributed by atoms with van der Waals surface area (Å²) in [6.45, 7) is 4.78. The van der Waals surface area contributed by atoms with Crippen LogP contribution in [0.15, 0.2) is 54.9 Å². The average Bonchev–Trinajstić information content (AvgIpc) is 3.40. The van der Waals surface area contributed by atoms with Gasteiger partial charge in [-0.15, -0.1) is 0 Å². The third-order valence-corrected chi connectivity index (χ3v) is 6.37. The van der Waals surface area contributed by atoms with E-state index >= 15 is 0 Å². The van der Waals surface area contributed by atoms with Gasteiger partial charge in [0, 0.05) is 23.0 Å². The molecule has 0 fully saturated rings. The van der Waals surface area contributed by atoms with Crippen LogP contribution in [0, 0.1) is 5.82 Å². The first-order valence-corrected chi connectivity index (χ1v) is 12.9. The van der Waals surface area contributed by atoms with Crippen molar-refractivity contribution in [3.63, 3.8) is 0 Å². The Morgan fingerprint density at radius 2 is 1.79 bits per heavy atom. The molecule has 1 amide bonds. The lowest BCUT2D eigenvalue weighted by Gasteiger charge is -2.25. The number of nitrogens with one attached hydrogen (secondary N) is 2. The Balaban J connectivity index is 1.56. The van der Waals surface area contributed by atoms with E-state index in [1.807, 2.05) is 18.7 Å². The first-order chi connectivity index (χ1) is 20.0. The minimum Gasteiger partial charge on any atom is -0.495 e. The molecule has 14 heteroatoms. The van der Waals surface area contributed by atoms with Crippen molar-refractivity contribution >= 4 is 34.3 Å². The summed E-state index contributed by atoms with van der Waals surface area (Å²) in [6.07, 6.45) is -2.30. The molecule has 4 rings (SSSR count). The third kappa shape index (κ3) is 7.13. The molecule has 0 spiro atoms. The summed E-state index contributed by atoms with van der Waals surface area (Å²) in [5.74, 6) is -3.34. The second-order valence-corrected chi connectivity index (χ2v) is 9.05. The molecule has 2 N–H and O–H groups in total. The second-order valence-electron chi connectivity index (χ2n) is 9.05. The molecule has 0 atom stereocenters.